The van der Waals surface area contributed by atoms with Crippen LogP contribution in [0.4, 0.5) is 11.4 Å². The highest BCUT2D eigenvalue weighted by Gasteiger charge is 2.38. The van der Waals surface area contributed by atoms with Crippen molar-refractivity contribution in [3.05, 3.63) is 108 Å². The number of unbranched alkanes of at least 4 members (excludes halogenated alkanes) is 5. The van der Waals surface area contributed by atoms with E-state index in [-0.39, 0.29) is 5.41 Å². The van der Waals surface area contributed by atoms with Gasteiger partial charge in [0, 0.05) is 16.8 Å². The van der Waals surface area contributed by atoms with E-state index in [1.54, 1.807) is 0 Å². The van der Waals surface area contributed by atoms with Gasteiger partial charge < -0.3 is 20.9 Å². The van der Waals surface area contributed by atoms with Crippen molar-refractivity contribution in [1.29, 1.82) is 0 Å². The van der Waals surface area contributed by atoms with Crippen molar-refractivity contribution in [1.82, 2.24) is 0 Å². The van der Waals surface area contributed by atoms with Crippen LogP contribution in [0, 0.1) is 17.8 Å². The average Bonchev–Trinajstić information content (AvgIpc) is 3.15. The minimum atomic E-state index is -0.0233. The van der Waals surface area contributed by atoms with Crippen molar-refractivity contribution in [3.63, 3.8) is 0 Å². The van der Waals surface area contributed by atoms with Crippen LogP contribution in [0.2, 0.25) is 0 Å². The summed E-state index contributed by atoms with van der Waals surface area (Å²) in [7, 11) is 0. The Hall–Kier alpha value is -3.92. The molecule has 0 spiro atoms. The molecule has 2 fully saturated rings. The fourth-order valence-corrected chi connectivity index (χ4v) is 8.72. The lowest BCUT2D eigenvalue weighted by Crippen LogP contribution is -2.33. The molecule has 0 aromatic heterocycles. The predicted molar refractivity (Wildman–Crippen MR) is 210 cm³/mol. The van der Waals surface area contributed by atoms with Gasteiger partial charge in [-0.25, -0.2) is 0 Å². The van der Waals surface area contributed by atoms with Crippen LogP contribution in [0.15, 0.2) is 97.1 Å². The SMILES string of the molecule is CCCCCCCC[C@H]1CC[C@H](CCC2CCC(c3ccc(Oc4ccc(N)cc4)cc3)(c3ccc(Oc4ccc(N)cc4)cc3)CC2)CC1. The zero-order valence-electron chi connectivity index (χ0n) is 30.5. The van der Waals surface area contributed by atoms with Crippen molar-refractivity contribution in [3.8, 4) is 23.0 Å². The smallest absolute Gasteiger partial charge is 0.127 e. The van der Waals surface area contributed by atoms with Crippen LogP contribution in [0.3, 0.4) is 0 Å². The van der Waals surface area contributed by atoms with E-state index in [2.05, 4.69) is 55.5 Å². The third kappa shape index (κ3) is 9.86. The molecule has 6 rings (SSSR count). The topological polar surface area (TPSA) is 70.5 Å². The highest BCUT2D eigenvalue weighted by molar-refractivity contribution is 5.47. The van der Waals surface area contributed by atoms with Crippen LogP contribution >= 0.6 is 0 Å². The van der Waals surface area contributed by atoms with Crippen LogP contribution in [0.25, 0.3) is 0 Å². The Morgan fingerprint density at radius 2 is 0.820 bits per heavy atom. The van der Waals surface area contributed by atoms with Gasteiger partial charge in [-0.1, -0.05) is 115 Å². The Balaban J connectivity index is 1.07. The lowest BCUT2D eigenvalue weighted by Gasteiger charge is -2.42. The summed E-state index contributed by atoms with van der Waals surface area (Å²) < 4.78 is 12.3. The number of hydrogen-bond donors (Lipinski definition) is 2. The monoisotopic (exact) mass is 672 g/mol. The molecule has 0 bridgehead atoms. The molecule has 0 atom stereocenters. The third-order valence-corrected chi connectivity index (χ3v) is 11.9. The van der Waals surface area contributed by atoms with Gasteiger partial charge in [0.05, 0.1) is 0 Å². The molecule has 2 aliphatic rings. The summed E-state index contributed by atoms with van der Waals surface area (Å²) in [6.45, 7) is 2.31. The maximum Gasteiger partial charge on any atom is 0.127 e. The molecule has 0 saturated heterocycles. The first kappa shape index (κ1) is 35.9. The van der Waals surface area contributed by atoms with Gasteiger partial charge in [-0.3, -0.25) is 0 Å². The number of benzene rings is 4. The summed E-state index contributed by atoms with van der Waals surface area (Å²) in [5.74, 6) is 6.05. The molecule has 2 aliphatic carbocycles. The number of anilines is 2. The Labute approximate surface area is 302 Å². The van der Waals surface area contributed by atoms with Crippen LogP contribution in [-0.4, -0.2) is 0 Å². The van der Waals surface area contributed by atoms with Crippen LogP contribution in [0.5, 0.6) is 23.0 Å². The average molecular weight is 673 g/mol. The molecule has 4 aromatic carbocycles. The maximum absolute atomic E-state index is 6.16. The number of nitrogens with two attached hydrogens (primary N) is 2. The van der Waals surface area contributed by atoms with Gasteiger partial charge in [0.25, 0.3) is 0 Å². The molecule has 0 heterocycles. The standard InChI is InChI=1S/C46H60N2O2/c1-2-3-4-5-6-7-8-35-9-11-36(12-10-35)13-14-37-31-33-46(34-32-37,38-15-23-42(24-16-38)49-44-27-19-40(47)20-28-44)39-17-25-43(26-18-39)50-45-29-21-41(48)22-30-45/h15-30,35-37H,2-14,31-34,47-48H2,1H3/t35-,36-. The van der Waals surface area contributed by atoms with Crippen molar-refractivity contribution >= 4 is 11.4 Å². The van der Waals surface area contributed by atoms with E-state index in [0.717, 1.165) is 52.1 Å². The second kappa shape index (κ2) is 17.8. The molecular formula is C46H60N2O2. The van der Waals surface area contributed by atoms with Crippen molar-refractivity contribution in [2.45, 2.75) is 121 Å². The summed E-state index contributed by atoms with van der Waals surface area (Å²) in [6, 6.07) is 32.8. The molecule has 4 N–H and O–H groups in total. The van der Waals surface area contributed by atoms with Gasteiger partial charge in [0.15, 0.2) is 0 Å². The Morgan fingerprint density at radius 1 is 0.460 bits per heavy atom. The van der Waals surface area contributed by atoms with Gasteiger partial charge in [0.1, 0.15) is 23.0 Å². The quantitative estimate of drug-likeness (QED) is 0.0918. The van der Waals surface area contributed by atoms with Gasteiger partial charge in [0.2, 0.25) is 0 Å². The highest BCUT2D eigenvalue weighted by atomic mass is 16.5. The zero-order valence-corrected chi connectivity index (χ0v) is 30.5. The van der Waals surface area contributed by atoms with E-state index in [1.807, 2.05) is 48.5 Å². The fraction of sp³-hybridized carbons (Fsp3) is 0.478. The van der Waals surface area contributed by atoms with Crippen LogP contribution in [0.1, 0.15) is 127 Å². The largest absolute Gasteiger partial charge is 0.457 e. The molecule has 4 nitrogen and oxygen atoms in total. The summed E-state index contributed by atoms with van der Waals surface area (Å²) >= 11 is 0. The van der Waals surface area contributed by atoms with E-state index >= 15 is 0 Å². The summed E-state index contributed by atoms with van der Waals surface area (Å²) in [5.41, 5.74) is 16.0. The lowest BCUT2D eigenvalue weighted by atomic mass is 9.62. The molecule has 50 heavy (non-hydrogen) atoms. The van der Waals surface area contributed by atoms with Crippen molar-refractivity contribution < 1.29 is 9.47 Å². The third-order valence-electron chi connectivity index (χ3n) is 11.9. The Kier molecular flexibility index (Phi) is 12.8. The number of ether oxygens (including phenoxy) is 2. The Bertz CT molecular complexity index is 1450. The molecule has 4 aromatic rings. The van der Waals surface area contributed by atoms with E-state index in [9.17, 15) is 0 Å². The van der Waals surface area contributed by atoms with Crippen LogP contribution in [-0.2, 0) is 5.41 Å². The van der Waals surface area contributed by atoms with E-state index in [1.165, 1.54) is 120 Å². The molecule has 4 heteroatoms. The minimum Gasteiger partial charge on any atom is -0.457 e. The molecule has 0 unspecified atom stereocenters. The van der Waals surface area contributed by atoms with Crippen molar-refractivity contribution in [2.75, 3.05) is 11.5 Å². The van der Waals surface area contributed by atoms with Gasteiger partial charge >= 0.3 is 0 Å². The Morgan fingerprint density at radius 3 is 1.26 bits per heavy atom. The maximum atomic E-state index is 6.16. The molecular weight excluding hydrogens is 613 g/mol. The summed E-state index contributed by atoms with van der Waals surface area (Å²) in [4.78, 5) is 0. The normalized spacial score (nSPS) is 19.2. The minimum absolute atomic E-state index is 0.0233. The number of rotatable bonds is 16. The second-order valence-electron chi connectivity index (χ2n) is 15.4. The first-order valence-electron chi connectivity index (χ1n) is 19.8. The van der Waals surface area contributed by atoms with Gasteiger partial charge in [-0.05, 0) is 127 Å². The van der Waals surface area contributed by atoms with E-state index in [4.69, 9.17) is 20.9 Å². The molecule has 0 aliphatic heterocycles. The fourth-order valence-electron chi connectivity index (χ4n) is 8.72. The molecule has 0 amide bonds. The first-order chi connectivity index (χ1) is 24.5. The number of nitrogen functional groups attached to an aromatic ring is 2. The number of hydrogen-bond acceptors (Lipinski definition) is 4. The lowest BCUT2D eigenvalue weighted by molar-refractivity contribution is 0.208. The molecule has 0 radical (unpaired) electrons. The van der Waals surface area contributed by atoms with E-state index in [0.29, 0.717) is 0 Å². The highest BCUT2D eigenvalue weighted by Crippen LogP contribution is 2.49. The zero-order chi connectivity index (χ0) is 34.6. The van der Waals surface area contributed by atoms with Gasteiger partial charge in [-0.2, -0.15) is 0 Å². The first-order valence-corrected chi connectivity index (χ1v) is 19.8. The second-order valence-corrected chi connectivity index (χ2v) is 15.4. The molecule has 2 saturated carbocycles. The predicted octanol–water partition coefficient (Wildman–Crippen LogP) is 13.2. The summed E-state index contributed by atoms with van der Waals surface area (Å²) in [5, 5.41) is 0. The van der Waals surface area contributed by atoms with Crippen LogP contribution < -0.4 is 20.9 Å². The van der Waals surface area contributed by atoms with Gasteiger partial charge in [-0.15, -0.1) is 0 Å². The summed E-state index contributed by atoms with van der Waals surface area (Å²) in [6.07, 6.45) is 23.6. The molecule has 266 valence electrons. The van der Waals surface area contributed by atoms with Crippen molar-refractivity contribution in [2.24, 2.45) is 17.8 Å². The van der Waals surface area contributed by atoms with E-state index < -0.39 is 0 Å².